The number of ether oxygens (including phenoxy) is 6. The van der Waals surface area contributed by atoms with Crippen LogP contribution in [-0.2, 0) is 51.2 Å². The van der Waals surface area contributed by atoms with Gasteiger partial charge in [-0.2, -0.15) is 9.99 Å². The largest absolute Gasteiger partial charge is 0.506 e. The van der Waals surface area contributed by atoms with E-state index in [1.165, 1.54) is 60.0 Å². The molecule has 536 valence electrons. The Kier molecular flexibility index (Phi) is 21.3. The second-order valence-electron chi connectivity index (χ2n) is 24.7. The van der Waals surface area contributed by atoms with Gasteiger partial charge in [0, 0.05) is 62.9 Å². The topological polar surface area (TPSA) is 449 Å². The maximum atomic E-state index is 15.2. The molecular formula is C64H67N15O18S5. The van der Waals surface area contributed by atoms with Crippen LogP contribution in [-0.4, -0.2) is 221 Å². The fourth-order valence-corrected chi connectivity index (χ4v) is 16.6. The number of fused-ring (bicyclic) bond motifs is 15. The lowest BCUT2D eigenvalue weighted by molar-refractivity contribution is -0.280. The molecule has 4 aliphatic rings. The lowest BCUT2D eigenvalue weighted by Crippen LogP contribution is -2.62. The summed E-state index contributed by atoms with van der Waals surface area (Å²) in [5.74, 6) is -7.12. The van der Waals surface area contributed by atoms with Gasteiger partial charge in [-0.1, -0.05) is 12.1 Å². The first-order chi connectivity index (χ1) is 48.7. The summed E-state index contributed by atoms with van der Waals surface area (Å²) in [4.78, 5) is 135. The number of thiazole rings is 5. The number of nitrogens with one attached hydrogen (secondary N) is 5. The summed E-state index contributed by atoms with van der Waals surface area (Å²) in [6, 6.07) is 1.67. The number of aromatic nitrogens is 7. The highest BCUT2D eigenvalue weighted by Gasteiger charge is 2.50. The maximum Gasteiger partial charge on any atom is 0.358 e. The summed E-state index contributed by atoms with van der Waals surface area (Å²) < 4.78 is 38.3. The molecule has 11 heterocycles. The number of likely N-dealkylation sites (N-methyl/N-ethyl adjacent to an activating group) is 2. The van der Waals surface area contributed by atoms with Crippen molar-refractivity contribution in [2.45, 2.75) is 114 Å². The summed E-state index contributed by atoms with van der Waals surface area (Å²) in [6.45, 7) is 4.37. The average molecular weight is 1490 g/mol. The van der Waals surface area contributed by atoms with Gasteiger partial charge in [0.25, 0.3) is 23.6 Å². The Morgan fingerprint density at radius 2 is 1.55 bits per heavy atom. The molecule has 33 nitrogen and oxygen atoms in total. The van der Waals surface area contributed by atoms with Crippen LogP contribution in [0.5, 0.6) is 5.75 Å². The molecule has 4 aliphatic heterocycles. The van der Waals surface area contributed by atoms with Crippen molar-refractivity contribution in [3.63, 3.8) is 0 Å². The predicted molar refractivity (Wildman–Crippen MR) is 366 cm³/mol. The van der Waals surface area contributed by atoms with Gasteiger partial charge >= 0.3 is 11.9 Å². The van der Waals surface area contributed by atoms with Gasteiger partial charge in [-0.25, -0.2) is 39.5 Å². The fourth-order valence-electron chi connectivity index (χ4n) is 12.4. The second kappa shape index (κ2) is 29.9. The number of benzene rings is 1. The lowest BCUT2D eigenvalue weighted by Gasteiger charge is -2.48. The number of nitriles is 1. The molecule has 12 rings (SSSR count). The molecule has 1 aromatic carbocycles. The van der Waals surface area contributed by atoms with E-state index in [-0.39, 0.29) is 124 Å². The van der Waals surface area contributed by atoms with Gasteiger partial charge in [-0.3, -0.25) is 24.0 Å². The molecule has 11 atom stereocenters. The minimum absolute atomic E-state index is 0.0113. The van der Waals surface area contributed by atoms with Crippen LogP contribution in [0.15, 0.2) is 56.9 Å². The Morgan fingerprint density at radius 3 is 2.26 bits per heavy atom. The fraction of sp³-hybridized carbons (Fsp3) is 0.406. The number of rotatable bonds is 12. The molecule has 0 spiro atoms. The van der Waals surface area contributed by atoms with Crippen LogP contribution < -0.4 is 26.6 Å². The third-order valence-corrected chi connectivity index (χ3v) is 21.7. The minimum Gasteiger partial charge on any atom is -0.506 e. The Labute approximate surface area is 599 Å². The van der Waals surface area contributed by atoms with E-state index >= 15 is 19.2 Å². The number of pyridine rings is 1. The number of hydrogen-bond donors (Lipinski definition) is 10. The van der Waals surface area contributed by atoms with Crippen molar-refractivity contribution in [2.24, 2.45) is 0 Å². The van der Waals surface area contributed by atoms with E-state index < -0.39 is 139 Å². The highest BCUT2D eigenvalue weighted by atomic mass is 32.1. The van der Waals surface area contributed by atoms with Crippen LogP contribution in [0.4, 0.5) is 0 Å². The van der Waals surface area contributed by atoms with Crippen LogP contribution in [0.3, 0.4) is 0 Å². The van der Waals surface area contributed by atoms with Crippen molar-refractivity contribution in [1.82, 2.24) is 71.0 Å². The van der Waals surface area contributed by atoms with Gasteiger partial charge < -0.3 is 90.4 Å². The van der Waals surface area contributed by atoms with Crippen molar-refractivity contribution >= 4 is 115 Å². The number of nitrogens with zero attached hydrogens (tertiary/aromatic N) is 10. The van der Waals surface area contributed by atoms with Gasteiger partial charge in [0.05, 0.1) is 55.8 Å². The first-order valence-electron chi connectivity index (χ1n) is 31.4. The van der Waals surface area contributed by atoms with Gasteiger partial charge in [-0.05, 0) is 66.5 Å². The number of amides is 5. The molecule has 7 aromatic heterocycles. The molecule has 8 aromatic rings. The summed E-state index contributed by atoms with van der Waals surface area (Å²) in [5.41, 5.74) is -2.72. The molecule has 38 heteroatoms. The molecule has 10 unspecified atom stereocenters. The van der Waals surface area contributed by atoms with Gasteiger partial charge in [0.15, 0.2) is 18.1 Å². The number of esters is 2. The third kappa shape index (κ3) is 14.7. The number of carbonyl (C=O) groups is 7. The molecule has 102 heavy (non-hydrogen) atoms. The van der Waals surface area contributed by atoms with E-state index in [1.54, 1.807) is 56.9 Å². The van der Waals surface area contributed by atoms with E-state index in [0.29, 0.717) is 10.3 Å². The molecule has 10 N–H and O–H groups in total. The summed E-state index contributed by atoms with van der Waals surface area (Å²) in [6.07, 6.45) is -7.56. The van der Waals surface area contributed by atoms with Crippen molar-refractivity contribution in [2.75, 3.05) is 54.6 Å². The van der Waals surface area contributed by atoms with Crippen LogP contribution in [0.1, 0.15) is 125 Å². The zero-order chi connectivity index (χ0) is 72.7. The molecule has 0 aliphatic carbocycles. The first-order valence-corrected chi connectivity index (χ1v) is 35.8. The van der Waals surface area contributed by atoms with Gasteiger partial charge in [0.1, 0.15) is 126 Å². The normalized spacial score (nSPS) is 23.9. The highest BCUT2D eigenvalue weighted by molar-refractivity contribution is 7.14. The zero-order valence-electron chi connectivity index (χ0n) is 55.5. The monoisotopic (exact) mass is 1490 g/mol. The second-order valence-corrected chi connectivity index (χ2v) is 29.0. The van der Waals surface area contributed by atoms with Gasteiger partial charge in [-0.15, -0.1) is 56.7 Å². The van der Waals surface area contributed by atoms with Crippen molar-refractivity contribution in [3.8, 4) is 44.5 Å². The number of hydrogen-bond acceptors (Lipinski definition) is 32. The standard InChI is InChI=1S/C64H67N15O18S5/c1-26(81)43-56(87)75-44(27(2)92-8)59-70-38(25-100-59)55(86)76-47-49-50(97-41-15-64(4,90)51(77(5)6)28(3)96-41)63(89)94-18-29-10-9-11-39-42(29)32(19-93-49)48(79(39)91)62(88)95-20-33(67-53(84)36-24-102-61(47)72-36)58-68-34(21-99-58)45-31(57-69-37(22-98-57)54(85)74-43)14-40(82)46(73-45)60-71-35(23-101-60)52(83)66-30(16-65)17-78(7)12-13-80/h9-11,14,21-26,28,30,33,41,43,47,49-51,80-82,90-91H,12-13,15,17-20H2,1-8H3,(H,66,83)(H,67,84)(H,74,85)(H,75,87)(H,76,86)/b44-27+/t26?,28?,30-,33?,41?,43?,47?,49?,50?,51?,64?/m0/s1. The molecule has 1 fully saturated rings. The van der Waals surface area contributed by atoms with Crippen LogP contribution in [0, 0.1) is 11.3 Å². The van der Waals surface area contributed by atoms with Crippen molar-refractivity contribution in [1.29, 1.82) is 5.26 Å². The van der Waals surface area contributed by atoms with Crippen molar-refractivity contribution in [3.05, 3.63) is 112 Å². The van der Waals surface area contributed by atoms with Crippen LogP contribution in [0.2, 0.25) is 0 Å². The SMILES string of the molecule is CO/C(C)=C1/NC(=O)C(C(C)O)NC(=O)c2csc(n2)-c2cc(O)c(-c3nc(C(=O)N[C@@H](C#N)CN(C)CCO)cs3)nc2-c2csc(n2)C2COC(=O)c3c4c5c(cccc5n3O)COC(=O)C(OC3CC(C)(O)C(N(C)C)C(C)O3)C(OC4)C(NC(=O)c3csc1n3)c1nc(cs1)C(=O)N2. The summed E-state index contributed by atoms with van der Waals surface area (Å²) in [5, 5.41) is 87.4. The molecule has 12 bridgehead atoms. The Morgan fingerprint density at radius 1 is 0.873 bits per heavy atom. The summed E-state index contributed by atoms with van der Waals surface area (Å²) in [7, 11) is 6.51. The minimum atomic E-state index is -1.92. The molecule has 5 amide bonds. The number of allylic oxidation sites excluding steroid dienone is 1. The lowest BCUT2D eigenvalue weighted by atomic mass is 9.85. The van der Waals surface area contributed by atoms with E-state index in [1.807, 2.05) is 6.07 Å². The molecule has 0 saturated carbocycles. The highest BCUT2D eigenvalue weighted by Crippen LogP contribution is 2.43. The van der Waals surface area contributed by atoms with Crippen molar-refractivity contribution < 1.29 is 87.6 Å². The first kappa shape index (κ1) is 72.4. The van der Waals surface area contributed by atoms with E-state index in [9.17, 15) is 45.3 Å². The van der Waals surface area contributed by atoms with Gasteiger partial charge in [0.2, 0.25) is 5.91 Å². The zero-order valence-corrected chi connectivity index (χ0v) is 59.6. The molecular weight excluding hydrogens is 1430 g/mol. The van der Waals surface area contributed by atoms with Crippen LogP contribution in [0.25, 0.3) is 49.3 Å². The number of cyclic esters (lactones) is 2. The smallest absolute Gasteiger partial charge is 0.358 e. The predicted octanol–water partition coefficient (Wildman–Crippen LogP) is 3.71. The Balaban J connectivity index is 1.02. The van der Waals surface area contributed by atoms with E-state index in [0.717, 1.165) is 56.7 Å². The van der Waals surface area contributed by atoms with Crippen LogP contribution >= 0.6 is 56.7 Å². The average Bonchev–Trinajstić information content (AvgIpc) is 1.56. The van der Waals surface area contributed by atoms with E-state index in [2.05, 4.69) is 41.5 Å². The number of methoxy groups -OCH3 is 1. The quantitative estimate of drug-likeness (QED) is 0.0473. The third-order valence-electron chi connectivity index (χ3n) is 17.2. The number of aromatic hydroxyl groups is 1. The Bertz CT molecular complexity index is 4670. The molecule has 0 radical (unpaired) electrons. The molecule has 1 saturated heterocycles. The number of aliphatic hydroxyl groups is 3. The Hall–Kier alpha value is -9.34. The number of aliphatic hydroxyl groups excluding tert-OH is 2. The van der Waals surface area contributed by atoms with E-state index in [4.69, 9.17) is 43.4 Å². The summed E-state index contributed by atoms with van der Waals surface area (Å²) >= 11 is 4.52. The maximum absolute atomic E-state index is 15.2. The number of carbonyl (C=O) groups excluding carboxylic acids is 7.